The molecule has 2 rings (SSSR count). The first-order valence-electron chi connectivity index (χ1n) is 5.75. The predicted molar refractivity (Wildman–Crippen MR) is 60.8 cm³/mol. The van der Waals surface area contributed by atoms with Crippen molar-refractivity contribution in [3.63, 3.8) is 0 Å². The van der Waals surface area contributed by atoms with Crippen LogP contribution in [0.4, 0.5) is 0 Å². The molecular formula is C13H18O3. The van der Waals surface area contributed by atoms with E-state index in [0.717, 1.165) is 18.4 Å². The molecule has 0 aliphatic carbocycles. The lowest BCUT2D eigenvalue weighted by atomic mass is 10.1. The maximum absolute atomic E-state index is 9.71. The summed E-state index contributed by atoms with van der Waals surface area (Å²) >= 11 is 0. The Morgan fingerprint density at radius 2 is 2.06 bits per heavy atom. The van der Waals surface area contributed by atoms with Gasteiger partial charge in [-0.05, 0) is 25.3 Å². The summed E-state index contributed by atoms with van der Waals surface area (Å²) in [6.45, 7) is 2.49. The fourth-order valence-electron chi connectivity index (χ4n) is 1.83. The second kappa shape index (κ2) is 5.43. The molecule has 0 amide bonds. The zero-order chi connectivity index (χ0) is 11.4. The Hall–Kier alpha value is -0.900. The highest BCUT2D eigenvalue weighted by Gasteiger charge is 2.28. The van der Waals surface area contributed by atoms with Gasteiger partial charge in [-0.1, -0.05) is 30.3 Å². The summed E-state index contributed by atoms with van der Waals surface area (Å²) in [5, 5.41) is 9.71. The summed E-state index contributed by atoms with van der Waals surface area (Å²) in [6.07, 6.45) is 0.834. The minimum absolute atomic E-state index is 0.171. The van der Waals surface area contributed by atoms with Gasteiger partial charge < -0.3 is 14.6 Å². The van der Waals surface area contributed by atoms with Crippen LogP contribution in [0.2, 0.25) is 0 Å². The molecule has 1 N–H and O–H groups in total. The minimum Gasteiger partial charge on any atom is -0.388 e. The molecule has 1 aliphatic heterocycles. The average molecular weight is 222 g/mol. The average Bonchev–Trinajstić information content (AvgIpc) is 2.32. The maximum Gasteiger partial charge on any atom is 0.184 e. The van der Waals surface area contributed by atoms with Crippen molar-refractivity contribution < 1.29 is 14.6 Å². The van der Waals surface area contributed by atoms with Crippen molar-refractivity contribution in [3.8, 4) is 0 Å². The Balaban J connectivity index is 1.85. The molecule has 1 heterocycles. The molecule has 3 atom stereocenters. The van der Waals surface area contributed by atoms with Crippen molar-refractivity contribution in [2.24, 2.45) is 0 Å². The lowest BCUT2D eigenvalue weighted by Crippen LogP contribution is -2.39. The van der Waals surface area contributed by atoms with Crippen molar-refractivity contribution in [2.45, 2.75) is 44.9 Å². The van der Waals surface area contributed by atoms with E-state index in [0.29, 0.717) is 6.61 Å². The number of benzene rings is 1. The summed E-state index contributed by atoms with van der Waals surface area (Å²) < 4.78 is 11.1. The monoisotopic (exact) mass is 222 g/mol. The molecule has 0 saturated carbocycles. The fourth-order valence-corrected chi connectivity index (χ4v) is 1.83. The molecule has 1 aromatic carbocycles. The van der Waals surface area contributed by atoms with Gasteiger partial charge >= 0.3 is 0 Å². The highest BCUT2D eigenvalue weighted by Crippen LogP contribution is 2.21. The van der Waals surface area contributed by atoms with Crippen LogP contribution in [0.3, 0.4) is 0 Å². The van der Waals surface area contributed by atoms with E-state index < -0.39 is 12.4 Å². The minimum atomic E-state index is -0.500. The van der Waals surface area contributed by atoms with E-state index in [1.54, 1.807) is 0 Å². The van der Waals surface area contributed by atoms with Crippen LogP contribution >= 0.6 is 0 Å². The standard InChI is InChI=1S/C13H18O3/c1-10-7-8-12(14)13(16-10)15-9-11-5-3-2-4-6-11/h2-6,10,12-14H,7-9H2,1H3/t10?,12-,13+/m0/s1. The van der Waals surface area contributed by atoms with Gasteiger partial charge in [-0.15, -0.1) is 0 Å². The Labute approximate surface area is 96.0 Å². The van der Waals surface area contributed by atoms with E-state index in [2.05, 4.69) is 0 Å². The Morgan fingerprint density at radius 1 is 1.31 bits per heavy atom. The first-order valence-corrected chi connectivity index (χ1v) is 5.75. The maximum atomic E-state index is 9.71. The topological polar surface area (TPSA) is 38.7 Å². The Kier molecular flexibility index (Phi) is 3.93. The Morgan fingerprint density at radius 3 is 2.81 bits per heavy atom. The third-order valence-electron chi connectivity index (χ3n) is 2.81. The molecule has 1 saturated heterocycles. The van der Waals surface area contributed by atoms with Crippen LogP contribution in [-0.2, 0) is 16.1 Å². The summed E-state index contributed by atoms with van der Waals surface area (Å²) in [7, 11) is 0. The van der Waals surface area contributed by atoms with Crippen molar-refractivity contribution in [1.29, 1.82) is 0 Å². The smallest absolute Gasteiger partial charge is 0.184 e. The SMILES string of the molecule is CC1CC[C@H](O)[C@H](OCc2ccccc2)O1. The van der Waals surface area contributed by atoms with Crippen molar-refractivity contribution in [2.75, 3.05) is 0 Å². The molecule has 1 fully saturated rings. The van der Waals surface area contributed by atoms with E-state index in [4.69, 9.17) is 9.47 Å². The summed E-state index contributed by atoms with van der Waals surface area (Å²) in [5.41, 5.74) is 1.09. The van der Waals surface area contributed by atoms with E-state index in [1.807, 2.05) is 37.3 Å². The second-order valence-corrected chi connectivity index (χ2v) is 4.26. The number of aliphatic hydroxyl groups excluding tert-OH is 1. The van der Waals surface area contributed by atoms with Gasteiger partial charge in [0.05, 0.1) is 12.7 Å². The highest BCUT2D eigenvalue weighted by atomic mass is 16.7. The van der Waals surface area contributed by atoms with Gasteiger partial charge in [-0.25, -0.2) is 0 Å². The molecule has 1 aromatic rings. The van der Waals surface area contributed by atoms with E-state index in [1.165, 1.54) is 0 Å². The zero-order valence-corrected chi connectivity index (χ0v) is 9.50. The first-order chi connectivity index (χ1) is 7.75. The third kappa shape index (κ3) is 3.04. The van der Waals surface area contributed by atoms with Gasteiger partial charge in [0, 0.05) is 0 Å². The predicted octanol–water partition coefficient (Wildman–Crippen LogP) is 2.09. The van der Waals surface area contributed by atoms with Gasteiger partial charge in [-0.3, -0.25) is 0 Å². The summed E-state index contributed by atoms with van der Waals surface area (Å²) in [6, 6.07) is 9.91. The Bertz CT molecular complexity index is 312. The van der Waals surface area contributed by atoms with Crippen molar-refractivity contribution in [3.05, 3.63) is 35.9 Å². The van der Waals surface area contributed by atoms with Gasteiger partial charge in [0.15, 0.2) is 6.29 Å². The molecule has 16 heavy (non-hydrogen) atoms. The summed E-state index contributed by atoms with van der Waals surface area (Å²) in [5.74, 6) is 0. The molecule has 0 aromatic heterocycles. The normalized spacial score (nSPS) is 30.2. The molecule has 3 nitrogen and oxygen atoms in total. The van der Waals surface area contributed by atoms with Crippen LogP contribution in [0, 0.1) is 0 Å². The molecule has 0 spiro atoms. The number of hydrogen-bond donors (Lipinski definition) is 1. The van der Waals surface area contributed by atoms with Gasteiger partial charge in [0.2, 0.25) is 0 Å². The van der Waals surface area contributed by atoms with E-state index in [9.17, 15) is 5.11 Å². The van der Waals surface area contributed by atoms with E-state index >= 15 is 0 Å². The lowest BCUT2D eigenvalue weighted by Gasteiger charge is -2.31. The molecule has 0 radical (unpaired) electrons. The molecule has 1 aliphatic rings. The quantitative estimate of drug-likeness (QED) is 0.851. The van der Waals surface area contributed by atoms with Gasteiger partial charge in [0.25, 0.3) is 0 Å². The van der Waals surface area contributed by atoms with Crippen LogP contribution in [0.5, 0.6) is 0 Å². The van der Waals surface area contributed by atoms with Crippen LogP contribution in [0.25, 0.3) is 0 Å². The number of hydrogen-bond acceptors (Lipinski definition) is 3. The van der Waals surface area contributed by atoms with Crippen LogP contribution < -0.4 is 0 Å². The van der Waals surface area contributed by atoms with Crippen molar-refractivity contribution in [1.82, 2.24) is 0 Å². The molecule has 88 valence electrons. The van der Waals surface area contributed by atoms with Crippen molar-refractivity contribution >= 4 is 0 Å². The van der Waals surface area contributed by atoms with Crippen LogP contribution in [-0.4, -0.2) is 23.6 Å². The number of rotatable bonds is 3. The fraction of sp³-hybridized carbons (Fsp3) is 0.538. The molecule has 1 unspecified atom stereocenters. The molecular weight excluding hydrogens is 204 g/mol. The lowest BCUT2D eigenvalue weighted by molar-refractivity contribution is -0.241. The van der Waals surface area contributed by atoms with E-state index in [-0.39, 0.29) is 6.10 Å². The largest absolute Gasteiger partial charge is 0.388 e. The van der Waals surface area contributed by atoms with Crippen LogP contribution in [0.1, 0.15) is 25.3 Å². The third-order valence-corrected chi connectivity index (χ3v) is 2.81. The number of ether oxygens (including phenoxy) is 2. The van der Waals surface area contributed by atoms with Crippen LogP contribution in [0.15, 0.2) is 30.3 Å². The second-order valence-electron chi connectivity index (χ2n) is 4.26. The van der Waals surface area contributed by atoms with Gasteiger partial charge in [-0.2, -0.15) is 0 Å². The zero-order valence-electron chi connectivity index (χ0n) is 9.50. The summed E-state index contributed by atoms with van der Waals surface area (Å²) in [4.78, 5) is 0. The highest BCUT2D eigenvalue weighted by molar-refractivity contribution is 5.13. The number of aliphatic hydroxyl groups is 1. The first kappa shape index (κ1) is 11.6. The molecule has 3 heteroatoms. The molecule has 0 bridgehead atoms. The van der Waals surface area contributed by atoms with Gasteiger partial charge in [0.1, 0.15) is 6.10 Å².